The number of rotatable bonds is 0. The summed E-state index contributed by atoms with van der Waals surface area (Å²) in [6.07, 6.45) is 4.20. The average Bonchev–Trinajstić information content (AvgIpc) is 2.27. The first-order valence-corrected chi connectivity index (χ1v) is 6.79. The van der Waals surface area contributed by atoms with Crippen molar-refractivity contribution in [3.05, 3.63) is 42.2 Å². The number of alkyl halides is 3. The molecule has 0 unspecified atom stereocenters. The van der Waals surface area contributed by atoms with Crippen molar-refractivity contribution in [1.82, 2.24) is 0 Å². The Bertz CT molecular complexity index is 670. The van der Waals surface area contributed by atoms with Crippen molar-refractivity contribution in [2.45, 2.75) is 12.4 Å². The number of pyridine rings is 1. The molecule has 110 valence electrons. The Morgan fingerprint density at radius 2 is 1.70 bits per heavy atom. The Balaban J connectivity index is 0.000000221. The number of aryl methyl sites for hydroxylation is 2. The summed E-state index contributed by atoms with van der Waals surface area (Å²) in [5.74, 6) is 0. The van der Waals surface area contributed by atoms with Crippen LogP contribution in [0.4, 0.5) is 13.2 Å². The van der Waals surface area contributed by atoms with E-state index in [4.69, 9.17) is 13.0 Å². The molecule has 0 radical (unpaired) electrons. The summed E-state index contributed by atoms with van der Waals surface area (Å²) in [5.41, 5.74) is -4.33. The van der Waals surface area contributed by atoms with Gasteiger partial charge in [-0.1, -0.05) is 17.7 Å². The monoisotopic (exact) mass is 307 g/mol. The van der Waals surface area contributed by atoms with Gasteiger partial charge in [0.25, 0.3) is 0 Å². The highest BCUT2D eigenvalue weighted by atomic mass is 32.2. The maximum atomic E-state index is 10.7. The molecule has 8 heteroatoms. The second kappa shape index (κ2) is 5.76. The fourth-order valence-electron chi connectivity index (χ4n) is 1.42. The summed E-state index contributed by atoms with van der Waals surface area (Å²) in [6.45, 7) is 2.12. The summed E-state index contributed by atoms with van der Waals surface area (Å²) < 4.78 is 61.0. The van der Waals surface area contributed by atoms with E-state index in [0.29, 0.717) is 0 Å². The molecule has 4 nitrogen and oxygen atoms in total. The predicted molar refractivity (Wildman–Crippen MR) is 65.6 cm³/mol. The van der Waals surface area contributed by atoms with E-state index in [0.717, 1.165) is 0 Å². The zero-order chi connectivity index (χ0) is 15.6. The first kappa shape index (κ1) is 16.4. The van der Waals surface area contributed by atoms with Gasteiger partial charge in [-0.05, 0) is 18.4 Å². The van der Waals surface area contributed by atoms with Crippen LogP contribution in [-0.2, 0) is 17.2 Å². The van der Waals surface area contributed by atoms with Gasteiger partial charge in [0.05, 0.1) is 0 Å². The number of nitrogens with zero attached hydrogens (tertiary/aromatic N) is 1. The standard InChI is InChI=1S/C11H12N.CHF3O3S/c1-9-3-4-11-8-12(2)6-5-10(11)7-9;2-1(3,4)8(5,6)7/h3-8H,1-2H3;(H,5,6,7)/q+1;/p-1. The minimum Gasteiger partial charge on any atom is -0.741 e. The molecule has 0 atom stereocenters. The molecule has 0 saturated heterocycles. The smallest absolute Gasteiger partial charge is 0.485 e. The number of aromatic nitrogens is 1. The van der Waals surface area contributed by atoms with Gasteiger partial charge in [-0.15, -0.1) is 0 Å². The van der Waals surface area contributed by atoms with Crippen LogP contribution >= 0.6 is 0 Å². The summed E-state index contributed by atoms with van der Waals surface area (Å²) in [5, 5.41) is 2.61. The van der Waals surface area contributed by atoms with E-state index in [-0.39, 0.29) is 0 Å². The predicted octanol–water partition coefficient (Wildman–Crippen LogP) is 2.02. The molecule has 1 aromatic carbocycles. The largest absolute Gasteiger partial charge is 0.741 e. The van der Waals surface area contributed by atoms with Gasteiger partial charge in [-0.25, -0.2) is 13.0 Å². The Labute approximate surface area is 114 Å². The lowest BCUT2D eigenvalue weighted by Gasteiger charge is -2.08. The summed E-state index contributed by atoms with van der Waals surface area (Å²) in [7, 11) is -4.05. The van der Waals surface area contributed by atoms with Crippen molar-refractivity contribution in [3.8, 4) is 0 Å². The molecule has 1 aromatic heterocycles. The van der Waals surface area contributed by atoms with Crippen LogP contribution in [0.2, 0.25) is 0 Å². The van der Waals surface area contributed by atoms with E-state index in [1.54, 1.807) is 0 Å². The van der Waals surface area contributed by atoms with Crippen LogP contribution < -0.4 is 4.57 Å². The van der Waals surface area contributed by atoms with Crippen molar-refractivity contribution in [3.63, 3.8) is 0 Å². The highest BCUT2D eigenvalue weighted by Gasteiger charge is 2.36. The van der Waals surface area contributed by atoms with Crippen molar-refractivity contribution >= 4 is 20.9 Å². The summed E-state index contributed by atoms with van der Waals surface area (Å²) in [6, 6.07) is 8.64. The third kappa shape index (κ3) is 4.46. The van der Waals surface area contributed by atoms with Gasteiger partial charge >= 0.3 is 5.51 Å². The molecule has 0 N–H and O–H groups in total. The molecule has 0 fully saturated rings. The lowest BCUT2D eigenvalue weighted by molar-refractivity contribution is -0.670. The van der Waals surface area contributed by atoms with E-state index in [1.807, 2.05) is 7.05 Å². The molecule has 20 heavy (non-hydrogen) atoms. The van der Waals surface area contributed by atoms with Crippen molar-refractivity contribution in [2.24, 2.45) is 7.05 Å². The van der Waals surface area contributed by atoms with E-state index in [1.165, 1.54) is 16.3 Å². The molecule has 0 spiro atoms. The molecular weight excluding hydrogens is 295 g/mol. The molecule has 2 rings (SSSR count). The van der Waals surface area contributed by atoms with Crippen molar-refractivity contribution in [1.29, 1.82) is 0 Å². The third-order valence-corrected chi connectivity index (χ3v) is 2.92. The normalized spacial score (nSPS) is 11.9. The van der Waals surface area contributed by atoms with Gasteiger partial charge in [0.15, 0.2) is 22.5 Å². The van der Waals surface area contributed by atoms with Gasteiger partial charge in [-0.2, -0.15) is 13.2 Å². The molecule has 0 aliphatic heterocycles. The second-order valence-corrected chi connectivity index (χ2v) is 5.51. The molecule has 0 saturated carbocycles. The number of halogens is 3. The molecule has 0 amide bonds. The van der Waals surface area contributed by atoms with E-state index in [9.17, 15) is 13.2 Å². The van der Waals surface area contributed by atoms with Crippen LogP contribution in [0.15, 0.2) is 36.7 Å². The zero-order valence-electron chi connectivity index (χ0n) is 10.7. The topological polar surface area (TPSA) is 61.1 Å². The highest BCUT2D eigenvalue weighted by Crippen LogP contribution is 2.20. The Morgan fingerprint density at radius 3 is 2.20 bits per heavy atom. The van der Waals surface area contributed by atoms with Gasteiger partial charge in [0.2, 0.25) is 0 Å². The fourth-order valence-corrected chi connectivity index (χ4v) is 1.42. The third-order valence-electron chi connectivity index (χ3n) is 2.36. The van der Waals surface area contributed by atoms with Crippen LogP contribution in [0, 0.1) is 6.92 Å². The lowest BCUT2D eigenvalue weighted by atomic mass is 10.1. The number of hydrogen-bond acceptors (Lipinski definition) is 3. The molecule has 0 bridgehead atoms. The van der Waals surface area contributed by atoms with Crippen LogP contribution in [0.3, 0.4) is 0 Å². The maximum absolute atomic E-state index is 10.7. The zero-order valence-corrected chi connectivity index (χ0v) is 11.5. The van der Waals surface area contributed by atoms with Crippen LogP contribution in [0.25, 0.3) is 10.8 Å². The fraction of sp³-hybridized carbons (Fsp3) is 0.250. The maximum Gasteiger partial charge on any atom is 0.485 e. The van der Waals surface area contributed by atoms with Crippen molar-refractivity contribution in [2.75, 3.05) is 0 Å². The molecule has 0 aliphatic rings. The molecule has 1 heterocycles. The van der Waals surface area contributed by atoms with E-state index >= 15 is 0 Å². The molecular formula is C12H12F3NO3S. The second-order valence-electron chi connectivity index (χ2n) is 4.14. The van der Waals surface area contributed by atoms with Gasteiger partial charge in [0, 0.05) is 11.5 Å². The molecule has 2 aromatic rings. The number of benzene rings is 1. The van der Waals surface area contributed by atoms with Crippen molar-refractivity contribution < 1.29 is 30.7 Å². The lowest BCUT2D eigenvalue weighted by Crippen LogP contribution is -2.25. The quantitative estimate of drug-likeness (QED) is 0.425. The summed E-state index contributed by atoms with van der Waals surface area (Å²) >= 11 is 0. The first-order chi connectivity index (χ1) is 9.00. The minimum atomic E-state index is -6.09. The minimum absolute atomic E-state index is 1.30. The first-order valence-electron chi connectivity index (χ1n) is 5.38. The van der Waals surface area contributed by atoms with Gasteiger partial charge in [-0.3, -0.25) is 0 Å². The molecule has 0 aliphatic carbocycles. The van der Waals surface area contributed by atoms with E-state index < -0.39 is 15.6 Å². The average molecular weight is 307 g/mol. The highest BCUT2D eigenvalue weighted by molar-refractivity contribution is 7.86. The van der Waals surface area contributed by atoms with Gasteiger partial charge in [0.1, 0.15) is 7.05 Å². The van der Waals surface area contributed by atoms with Gasteiger partial charge < -0.3 is 4.55 Å². The Hall–Kier alpha value is -1.67. The Kier molecular flexibility index (Phi) is 4.72. The van der Waals surface area contributed by atoms with E-state index in [2.05, 4.69) is 48.1 Å². The summed E-state index contributed by atoms with van der Waals surface area (Å²) in [4.78, 5) is 0. The van der Waals surface area contributed by atoms with Crippen LogP contribution in [0.5, 0.6) is 0 Å². The number of fused-ring (bicyclic) bond motifs is 1. The van der Waals surface area contributed by atoms with Crippen LogP contribution in [0.1, 0.15) is 5.56 Å². The number of hydrogen-bond donors (Lipinski definition) is 0. The Morgan fingerprint density at radius 1 is 1.15 bits per heavy atom. The SMILES string of the molecule is Cc1ccc2c[n+](C)ccc2c1.O=S(=O)([O-])C(F)(F)F. The van der Waals surface area contributed by atoms with Crippen LogP contribution in [-0.4, -0.2) is 18.5 Å².